The van der Waals surface area contributed by atoms with E-state index < -0.39 is 0 Å². The number of nitrogens with one attached hydrogen (secondary N) is 2. The molecule has 0 radical (unpaired) electrons. The molecule has 4 rings (SSSR count). The maximum Gasteiger partial charge on any atom is 0.295 e. The van der Waals surface area contributed by atoms with Crippen molar-refractivity contribution in [2.75, 3.05) is 17.2 Å². The molecule has 1 atom stereocenters. The van der Waals surface area contributed by atoms with Crippen molar-refractivity contribution in [3.05, 3.63) is 51.0 Å². The highest BCUT2D eigenvalue weighted by Crippen LogP contribution is 2.36. The van der Waals surface area contributed by atoms with Crippen molar-refractivity contribution in [2.24, 2.45) is 7.05 Å². The Balaban J connectivity index is 1.87. The van der Waals surface area contributed by atoms with Crippen LogP contribution < -0.4 is 20.9 Å². The number of aromatic nitrogens is 2. The fraction of sp³-hybridized carbons (Fsp3) is 0.263. The molecule has 0 unspecified atom stereocenters. The van der Waals surface area contributed by atoms with E-state index in [4.69, 9.17) is 27.9 Å². The van der Waals surface area contributed by atoms with Crippen LogP contribution in [0.5, 0.6) is 5.75 Å². The van der Waals surface area contributed by atoms with E-state index in [2.05, 4.69) is 22.5 Å². The lowest BCUT2D eigenvalue weighted by Gasteiger charge is -2.17. The van der Waals surface area contributed by atoms with E-state index in [0.29, 0.717) is 23.1 Å². The minimum absolute atomic E-state index is 0.149. The summed E-state index contributed by atoms with van der Waals surface area (Å²) in [6.45, 7) is 2.58. The Labute approximate surface area is 166 Å². The van der Waals surface area contributed by atoms with Gasteiger partial charge in [-0.05, 0) is 31.2 Å². The van der Waals surface area contributed by atoms with Gasteiger partial charge in [0.15, 0.2) is 0 Å². The van der Waals surface area contributed by atoms with Crippen LogP contribution >= 0.6 is 23.2 Å². The van der Waals surface area contributed by atoms with Crippen molar-refractivity contribution in [1.29, 1.82) is 0 Å². The number of benzene rings is 1. The minimum atomic E-state index is -0.149. The zero-order valence-corrected chi connectivity index (χ0v) is 16.4. The highest BCUT2D eigenvalue weighted by Gasteiger charge is 2.21. The summed E-state index contributed by atoms with van der Waals surface area (Å²) in [6, 6.07) is 7.70. The Morgan fingerprint density at radius 3 is 2.96 bits per heavy atom. The topological polar surface area (TPSA) is 68.2 Å². The summed E-state index contributed by atoms with van der Waals surface area (Å²) in [4.78, 5) is 16.6. The average molecular weight is 405 g/mol. The fourth-order valence-electron chi connectivity index (χ4n) is 3.20. The third-order valence-corrected chi connectivity index (χ3v) is 5.43. The number of hydrogen-bond donors (Lipinski definition) is 2. The molecule has 6 nitrogen and oxygen atoms in total. The Hall–Kier alpha value is -2.44. The number of anilines is 3. The van der Waals surface area contributed by atoms with E-state index >= 15 is 0 Å². The van der Waals surface area contributed by atoms with E-state index in [1.807, 2.05) is 18.2 Å². The molecule has 2 N–H and O–H groups in total. The predicted molar refractivity (Wildman–Crippen MR) is 110 cm³/mol. The van der Waals surface area contributed by atoms with E-state index in [-0.39, 0.29) is 16.8 Å². The largest absolute Gasteiger partial charge is 0.486 e. The van der Waals surface area contributed by atoms with Crippen molar-refractivity contribution in [2.45, 2.75) is 19.4 Å². The van der Waals surface area contributed by atoms with Crippen LogP contribution in [0.15, 0.2) is 35.3 Å². The van der Waals surface area contributed by atoms with Gasteiger partial charge in [0.2, 0.25) is 5.75 Å². The zero-order valence-electron chi connectivity index (χ0n) is 14.8. The molecule has 0 bridgehead atoms. The molecule has 0 fully saturated rings. The second-order valence-corrected chi connectivity index (χ2v) is 7.31. The molecule has 1 aliphatic heterocycles. The van der Waals surface area contributed by atoms with E-state index in [1.165, 1.54) is 0 Å². The van der Waals surface area contributed by atoms with Crippen LogP contribution in [0.25, 0.3) is 10.9 Å². The maximum absolute atomic E-state index is 12.7. The van der Waals surface area contributed by atoms with Gasteiger partial charge in [0.1, 0.15) is 10.2 Å². The van der Waals surface area contributed by atoms with Crippen molar-refractivity contribution in [1.82, 2.24) is 9.55 Å². The number of ether oxygens (including phenoxy) is 1. The lowest BCUT2D eigenvalue weighted by Crippen LogP contribution is -2.21. The SMILES string of the molecule is C[C@H]1CCOc2c(c3cc(Nc4ccnc(Cl)c4Cl)ccc3n(C)c2=O)N1. The molecule has 3 aromatic rings. The number of aryl methyl sites for hydroxylation is 1. The first-order valence-corrected chi connectivity index (χ1v) is 9.34. The first-order valence-electron chi connectivity index (χ1n) is 8.59. The third-order valence-electron chi connectivity index (χ3n) is 4.67. The third kappa shape index (κ3) is 3.19. The van der Waals surface area contributed by atoms with Gasteiger partial charge in [-0.3, -0.25) is 4.79 Å². The van der Waals surface area contributed by atoms with Gasteiger partial charge in [-0.15, -0.1) is 0 Å². The molecule has 8 heteroatoms. The first-order chi connectivity index (χ1) is 13.0. The van der Waals surface area contributed by atoms with E-state index in [1.54, 1.807) is 23.9 Å². The summed E-state index contributed by atoms with van der Waals surface area (Å²) in [5, 5.41) is 8.17. The average Bonchev–Trinajstić information content (AvgIpc) is 2.85. The Bertz CT molecular complexity index is 1100. The number of rotatable bonds is 2. The molecule has 140 valence electrons. The molecule has 1 aromatic carbocycles. The van der Waals surface area contributed by atoms with Crippen LogP contribution in [-0.2, 0) is 7.05 Å². The summed E-state index contributed by atoms with van der Waals surface area (Å²) in [5.41, 5.74) is 2.86. The molecule has 2 aromatic heterocycles. The van der Waals surface area contributed by atoms with Crippen LogP contribution in [0.3, 0.4) is 0 Å². The van der Waals surface area contributed by atoms with Crippen molar-refractivity contribution in [3.63, 3.8) is 0 Å². The summed E-state index contributed by atoms with van der Waals surface area (Å²) < 4.78 is 7.37. The summed E-state index contributed by atoms with van der Waals surface area (Å²) in [7, 11) is 1.75. The summed E-state index contributed by atoms with van der Waals surface area (Å²) in [5.74, 6) is 0.358. The second-order valence-electron chi connectivity index (χ2n) is 6.57. The maximum atomic E-state index is 12.7. The van der Waals surface area contributed by atoms with Crippen molar-refractivity contribution >= 4 is 51.2 Å². The van der Waals surface area contributed by atoms with Crippen LogP contribution in [0.1, 0.15) is 13.3 Å². The van der Waals surface area contributed by atoms with Gasteiger partial charge >= 0.3 is 0 Å². The monoisotopic (exact) mass is 404 g/mol. The van der Waals surface area contributed by atoms with Gasteiger partial charge in [0.05, 0.1) is 23.5 Å². The number of hydrogen-bond acceptors (Lipinski definition) is 5. The summed E-state index contributed by atoms with van der Waals surface area (Å²) >= 11 is 12.2. The molecule has 0 amide bonds. The van der Waals surface area contributed by atoms with Crippen LogP contribution in [0.4, 0.5) is 17.1 Å². The molecule has 0 saturated heterocycles. The second kappa shape index (κ2) is 6.94. The molecule has 0 aliphatic carbocycles. The quantitative estimate of drug-likeness (QED) is 0.612. The number of halogens is 2. The van der Waals surface area contributed by atoms with Gasteiger partial charge in [0, 0.05) is 36.8 Å². The zero-order chi connectivity index (χ0) is 19.1. The first kappa shape index (κ1) is 17.9. The lowest BCUT2D eigenvalue weighted by atomic mass is 10.1. The van der Waals surface area contributed by atoms with Crippen LogP contribution in [0, 0.1) is 0 Å². The molecule has 0 spiro atoms. The molecular formula is C19H18Cl2N4O2. The molecule has 0 saturated carbocycles. The van der Waals surface area contributed by atoms with E-state index in [0.717, 1.165) is 28.7 Å². The number of nitrogens with zero attached hydrogens (tertiary/aromatic N) is 2. The number of pyridine rings is 2. The summed E-state index contributed by atoms with van der Waals surface area (Å²) in [6.07, 6.45) is 2.41. The van der Waals surface area contributed by atoms with Gasteiger partial charge in [-0.25, -0.2) is 4.98 Å². The van der Waals surface area contributed by atoms with Crippen molar-refractivity contribution in [3.8, 4) is 5.75 Å². The van der Waals surface area contributed by atoms with Gasteiger partial charge in [0.25, 0.3) is 5.56 Å². The highest BCUT2D eigenvalue weighted by molar-refractivity contribution is 6.43. The minimum Gasteiger partial charge on any atom is -0.486 e. The van der Waals surface area contributed by atoms with Gasteiger partial charge in [-0.2, -0.15) is 0 Å². The van der Waals surface area contributed by atoms with Gasteiger partial charge < -0.3 is 19.9 Å². The molecular weight excluding hydrogens is 387 g/mol. The smallest absolute Gasteiger partial charge is 0.295 e. The van der Waals surface area contributed by atoms with Crippen molar-refractivity contribution < 1.29 is 4.74 Å². The van der Waals surface area contributed by atoms with E-state index in [9.17, 15) is 4.79 Å². The molecule has 1 aliphatic rings. The normalized spacial score (nSPS) is 16.2. The standard InChI is InChI=1S/C19H18Cl2N4O2/c1-10-6-8-27-17-16(23-10)12-9-11(3-4-14(12)25(2)19(17)26)24-13-5-7-22-18(21)15(13)20/h3-5,7,9-10,23H,6,8H2,1-2H3,(H,22,24)/t10-/m0/s1. The molecule has 3 heterocycles. The predicted octanol–water partition coefficient (Wildman–Crippen LogP) is 4.57. The fourth-order valence-corrected chi connectivity index (χ4v) is 3.52. The highest BCUT2D eigenvalue weighted by atomic mass is 35.5. The van der Waals surface area contributed by atoms with Crippen LogP contribution in [0.2, 0.25) is 10.2 Å². The van der Waals surface area contributed by atoms with Gasteiger partial charge in [-0.1, -0.05) is 23.2 Å². The van der Waals surface area contributed by atoms with Crippen LogP contribution in [-0.4, -0.2) is 22.2 Å². The Morgan fingerprint density at radius 1 is 1.33 bits per heavy atom. The Morgan fingerprint density at radius 2 is 2.15 bits per heavy atom. The number of fused-ring (bicyclic) bond motifs is 3. The Kier molecular flexibility index (Phi) is 4.61. The molecule has 27 heavy (non-hydrogen) atoms. The lowest BCUT2D eigenvalue weighted by molar-refractivity contribution is 0.309.